The molecule has 0 aliphatic heterocycles. The van der Waals surface area contributed by atoms with Gasteiger partial charge in [-0.3, -0.25) is 0 Å². The quantitative estimate of drug-likeness (QED) is 0.811. The lowest BCUT2D eigenvalue weighted by Crippen LogP contribution is -2.20. The Morgan fingerprint density at radius 2 is 2.26 bits per heavy atom. The van der Waals surface area contributed by atoms with Crippen molar-refractivity contribution in [2.24, 2.45) is 0 Å². The summed E-state index contributed by atoms with van der Waals surface area (Å²) in [6.07, 6.45) is 1.13. The fourth-order valence-electron chi connectivity index (χ4n) is 1.85. The number of aromatic nitrogens is 1. The van der Waals surface area contributed by atoms with Crippen LogP contribution in [0.3, 0.4) is 0 Å². The molecule has 5 heteroatoms. The lowest BCUT2D eigenvalue weighted by Gasteiger charge is -2.14. The molecular formula is C14H21N3S2. The van der Waals surface area contributed by atoms with Crippen molar-refractivity contribution in [3.63, 3.8) is 0 Å². The van der Waals surface area contributed by atoms with Gasteiger partial charge in [-0.05, 0) is 31.5 Å². The van der Waals surface area contributed by atoms with E-state index in [9.17, 15) is 0 Å². The number of rotatable bonds is 8. The van der Waals surface area contributed by atoms with Crippen molar-refractivity contribution in [3.05, 3.63) is 38.5 Å². The summed E-state index contributed by atoms with van der Waals surface area (Å²) in [6, 6.07) is 4.32. The second-order valence-corrected chi connectivity index (χ2v) is 6.55. The Balaban J connectivity index is 1.75. The van der Waals surface area contributed by atoms with Crippen LogP contribution >= 0.6 is 22.7 Å². The Kier molecular flexibility index (Phi) is 5.97. The Morgan fingerprint density at radius 1 is 1.37 bits per heavy atom. The van der Waals surface area contributed by atoms with E-state index in [-0.39, 0.29) is 0 Å². The maximum Gasteiger partial charge on any atom is 0.107 e. The van der Waals surface area contributed by atoms with Crippen LogP contribution in [0.4, 0.5) is 0 Å². The van der Waals surface area contributed by atoms with E-state index in [1.165, 1.54) is 15.6 Å². The lowest BCUT2D eigenvalue weighted by atomic mass is 10.3. The van der Waals surface area contributed by atoms with Gasteiger partial charge in [0, 0.05) is 29.9 Å². The Morgan fingerprint density at radius 3 is 3.00 bits per heavy atom. The third-order valence-electron chi connectivity index (χ3n) is 2.88. The molecule has 2 rings (SSSR count). The van der Waals surface area contributed by atoms with Crippen LogP contribution in [0.5, 0.6) is 0 Å². The predicted octanol–water partition coefficient (Wildman–Crippen LogP) is 2.99. The Bertz CT molecular complexity index is 465. The number of thiophene rings is 1. The maximum atomic E-state index is 4.65. The van der Waals surface area contributed by atoms with Gasteiger partial charge in [0.2, 0.25) is 0 Å². The minimum absolute atomic E-state index is 0.889. The summed E-state index contributed by atoms with van der Waals surface area (Å²) in [5, 5.41) is 8.81. The lowest BCUT2D eigenvalue weighted by molar-refractivity contribution is 0.328. The van der Waals surface area contributed by atoms with Crippen LogP contribution in [0.25, 0.3) is 0 Å². The number of nitrogens with one attached hydrogen (secondary N) is 1. The molecule has 0 fully saturated rings. The number of hydrogen-bond donors (Lipinski definition) is 1. The van der Waals surface area contributed by atoms with E-state index in [0.717, 1.165) is 32.6 Å². The first-order valence-corrected chi connectivity index (χ1v) is 8.38. The van der Waals surface area contributed by atoms with Gasteiger partial charge in [0.25, 0.3) is 0 Å². The largest absolute Gasteiger partial charge is 0.311 e. The molecule has 0 amide bonds. The molecular weight excluding hydrogens is 274 g/mol. The second kappa shape index (κ2) is 7.75. The third-order valence-corrected chi connectivity index (χ3v) is 4.71. The van der Waals surface area contributed by atoms with Crippen LogP contribution < -0.4 is 5.32 Å². The van der Waals surface area contributed by atoms with Gasteiger partial charge in [-0.15, -0.1) is 22.7 Å². The standard InChI is InChI=1S/C14H21N3S2/c1-3-15-9-14-16-12(11-19-14)10-17(2)7-6-13-5-4-8-18-13/h4-5,8,11,15H,3,6-7,9-10H2,1-2H3. The molecule has 19 heavy (non-hydrogen) atoms. The predicted molar refractivity (Wildman–Crippen MR) is 83.9 cm³/mol. The number of likely N-dealkylation sites (N-methyl/N-ethyl adjacent to an activating group) is 1. The molecule has 0 aliphatic rings. The average Bonchev–Trinajstić information content (AvgIpc) is 3.05. The minimum Gasteiger partial charge on any atom is -0.311 e. The molecule has 2 heterocycles. The van der Waals surface area contributed by atoms with Crippen molar-refractivity contribution in [2.75, 3.05) is 20.1 Å². The highest BCUT2D eigenvalue weighted by molar-refractivity contribution is 7.10. The fraction of sp³-hybridized carbons (Fsp3) is 0.500. The highest BCUT2D eigenvalue weighted by Gasteiger charge is 2.05. The van der Waals surface area contributed by atoms with Crippen molar-refractivity contribution in [3.8, 4) is 0 Å². The molecule has 0 radical (unpaired) electrons. The van der Waals surface area contributed by atoms with Crippen LogP contribution in [-0.2, 0) is 19.5 Å². The molecule has 0 aliphatic carbocycles. The molecule has 0 bridgehead atoms. The van der Waals surface area contributed by atoms with Gasteiger partial charge in [0.05, 0.1) is 5.69 Å². The molecule has 3 nitrogen and oxygen atoms in total. The first-order valence-electron chi connectivity index (χ1n) is 6.63. The van der Waals surface area contributed by atoms with Crippen LogP contribution in [0.2, 0.25) is 0 Å². The van der Waals surface area contributed by atoms with Gasteiger partial charge in [-0.1, -0.05) is 13.0 Å². The van der Waals surface area contributed by atoms with Crippen LogP contribution in [0, 0.1) is 0 Å². The molecule has 0 spiro atoms. The summed E-state index contributed by atoms with van der Waals surface area (Å²) in [6.45, 7) is 6.02. The van der Waals surface area contributed by atoms with Gasteiger partial charge in [-0.25, -0.2) is 4.98 Å². The van der Waals surface area contributed by atoms with Gasteiger partial charge in [0.15, 0.2) is 0 Å². The minimum atomic E-state index is 0.889. The molecule has 2 aromatic heterocycles. The van der Waals surface area contributed by atoms with Crippen molar-refractivity contribution >= 4 is 22.7 Å². The second-order valence-electron chi connectivity index (χ2n) is 4.58. The summed E-state index contributed by atoms with van der Waals surface area (Å²) < 4.78 is 0. The van der Waals surface area contributed by atoms with E-state index in [1.807, 2.05) is 11.3 Å². The normalized spacial score (nSPS) is 11.3. The van der Waals surface area contributed by atoms with Crippen LogP contribution in [-0.4, -0.2) is 30.0 Å². The average molecular weight is 295 g/mol. The molecule has 1 N–H and O–H groups in total. The van der Waals surface area contributed by atoms with Crippen LogP contribution in [0.15, 0.2) is 22.9 Å². The van der Waals surface area contributed by atoms with E-state index in [2.05, 4.69) is 52.1 Å². The van der Waals surface area contributed by atoms with Crippen molar-refractivity contribution in [2.45, 2.75) is 26.4 Å². The molecule has 104 valence electrons. The third kappa shape index (κ3) is 5.03. The zero-order valence-electron chi connectivity index (χ0n) is 11.6. The number of nitrogens with zero attached hydrogens (tertiary/aromatic N) is 2. The zero-order valence-corrected chi connectivity index (χ0v) is 13.2. The Labute approximate surface area is 123 Å². The first-order chi connectivity index (χ1) is 9.28. The smallest absolute Gasteiger partial charge is 0.107 e. The highest BCUT2D eigenvalue weighted by Crippen LogP contribution is 2.13. The summed E-state index contributed by atoms with van der Waals surface area (Å²) in [7, 11) is 2.16. The van der Waals surface area contributed by atoms with E-state index >= 15 is 0 Å². The van der Waals surface area contributed by atoms with Crippen LogP contribution in [0.1, 0.15) is 22.5 Å². The topological polar surface area (TPSA) is 28.2 Å². The summed E-state index contributed by atoms with van der Waals surface area (Å²) in [4.78, 5) is 8.45. The van der Waals surface area contributed by atoms with Gasteiger partial charge in [-0.2, -0.15) is 0 Å². The summed E-state index contributed by atoms with van der Waals surface area (Å²) >= 11 is 3.59. The van der Waals surface area contributed by atoms with Crippen molar-refractivity contribution < 1.29 is 0 Å². The summed E-state index contributed by atoms with van der Waals surface area (Å²) in [5.74, 6) is 0. The molecule has 0 saturated carbocycles. The molecule has 2 aromatic rings. The molecule has 0 aromatic carbocycles. The van der Waals surface area contributed by atoms with Gasteiger partial charge < -0.3 is 10.2 Å². The first kappa shape index (κ1) is 14.7. The molecule has 0 atom stereocenters. The number of thiazole rings is 1. The van der Waals surface area contributed by atoms with E-state index in [0.29, 0.717) is 0 Å². The Hall–Kier alpha value is -0.750. The SMILES string of the molecule is CCNCc1nc(CN(C)CCc2cccs2)cs1. The highest BCUT2D eigenvalue weighted by atomic mass is 32.1. The number of hydrogen-bond acceptors (Lipinski definition) is 5. The van der Waals surface area contributed by atoms with E-state index < -0.39 is 0 Å². The molecule has 0 saturated heterocycles. The van der Waals surface area contributed by atoms with Gasteiger partial charge >= 0.3 is 0 Å². The van der Waals surface area contributed by atoms with E-state index in [1.54, 1.807) is 11.3 Å². The maximum absolute atomic E-state index is 4.65. The van der Waals surface area contributed by atoms with Crippen molar-refractivity contribution in [1.82, 2.24) is 15.2 Å². The zero-order chi connectivity index (χ0) is 13.5. The monoisotopic (exact) mass is 295 g/mol. The van der Waals surface area contributed by atoms with Gasteiger partial charge in [0.1, 0.15) is 5.01 Å². The summed E-state index contributed by atoms with van der Waals surface area (Å²) in [5.41, 5.74) is 1.19. The molecule has 0 unspecified atom stereocenters. The van der Waals surface area contributed by atoms with E-state index in [4.69, 9.17) is 0 Å². The van der Waals surface area contributed by atoms with Crippen molar-refractivity contribution in [1.29, 1.82) is 0 Å². The fourth-order valence-corrected chi connectivity index (χ4v) is 3.30.